The van der Waals surface area contributed by atoms with Crippen molar-refractivity contribution in [3.63, 3.8) is 0 Å². The minimum Gasteiger partial charge on any atom is -0.494 e. The van der Waals surface area contributed by atoms with Gasteiger partial charge in [0.05, 0.1) is 25.2 Å². The van der Waals surface area contributed by atoms with Gasteiger partial charge in [-0.1, -0.05) is 0 Å². The SMILES string of the molecule is CCOc1ccc(C(=O)CCC(=O)NCc2cncn2CC)cc1C. The lowest BCUT2D eigenvalue weighted by molar-refractivity contribution is -0.121. The van der Waals surface area contributed by atoms with Gasteiger partial charge in [-0.2, -0.15) is 0 Å². The molecule has 0 atom stereocenters. The summed E-state index contributed by atoms with van der Waals surface area (Å²) in [6.45, 7) is 7.66. The number of hydrogen-bond donors (Lipinski definition) is 1. The van der Waals surface area contributed by atoms with Crippen LogP contribution < -0.4 is 10.1 Å². The molecule has 0 unspecified atom stereocenters. The molecule has 0 fully saturated rings. The lowest BCUT2D eigenvalue weighted by Crippen LogP contribution is -2.24. The van der Waals surface area contributed by atoms with Crippen molar-refractivity contribution in [1.82, 2.24) is 14.9 Å². The van der Waals surface area contributed by atoms with E-state index in [-0.39, 0.29) is 24.5 Å². The first kappa shape index (κ1) is 18.7. The Morgan fingerprint density at radius 2 is 2.04 bits per heavy atom. The van der Waals surface area contributed by atoms with Gasteiger partial charge in [0.25, 0.3) is 0 Å². The number of aryl methyl sites for hydroxylation is 2. The molecule has 0 saturated heterocycles. The second-order valence-corrected chi connectivity index (χ2v) is 5.78. The van der Waals surface area contributed by atoms with Crippen LogP contribution in [0.15, 0.2) is 30.7 Å². The molecule has 0 aliphatic carbocycles. The van der Waals surface area contributed by atoms with Crippen LogP contribution in [-0.2, 0) is 17.9 Å². The van der Waals surface area contributed by atoms with Crippen molar-refractivity contribution in [3.8, 4) is 5.75 Å². The van der Waals surface area contributed by atoms with E-state index in [2.05, 4.69) is 10.3 Å². The number of Topliss-reactive ketones (excluding diaryl/α,β-unsaturated/α-hetero) is 1. The van der Waals surface area contributed by atoms with Crippen LogP contribution in [0.4, 0.5) is 0 Å². The molecular formula is C19H25N3O3. The molecule has 0 radical (unpaired) electrons. The molecule has 1 heterocycles. The van der Waals surface area contributed by atoms with E-state index in [0.717, 1.165) is 23.6 Å². The summed E-state index contributed by atoms with van der Waals surface area (Å²) in [5.74, 6) is 0.601. The second kappa shape index (κ2) is 9.01. The third-order valence-corrected chi connectivity index (χ3v) is 3.98. The molecule has 6 nitrogen and oxygen atoms in total. The van der Waals surface area contributed by atoms with Crippen LogP contribution in [0, 0.1) is 6.92 Å². The van der Waals surface area contributed by atoms with Gasteiger partial charge >= 0.3 is 0 Å². The largest absolute Gasteiger partial charge is 0.494 e. The number of rotatable bonds is 9. The highest BCUT2D eigenvalue weighted by atomic mass is 16.5. The van der Waals surface area contributed by atoms with E-state index in [0.29, 0.717) is 18.7 Å². The van der Waals surface area contributed by atoms with E-state index in [1.807, 2.05) is 31.4 Å². The molecule has 25 heavy (non-hydrogen) atoms. The molecule has 2 aromatic rings. The van der Waals surface area contributed by atoms with Gasteiger partial charge < -0.3 is 14.6 Å². The zero-order valence-corrected chi connectivity index (χ0v) is 15.0. The Bertz CT molecular complexity index is 737. The topological polar surface area (TPSA) is 73.2 Å². The smallest absolute Gasteiger partial charge is 0.220 e. The lowest BCUT2D eigenvalue weighted by atomic mass is 10.0. The van der Waals surface area contributed by atoms with Gasteiger partial charge in [0.2, 0.25) is 5.91 Å². The van der Waals surface area contributed by atoms with Gasteiger partial charge in [-0.05, 0) is 44.5 Å². The Labute approximate surface area is 148 Å². The molecule has 1 aromatic heterocycles. The minimum absolute atomic E-state index is 0.0418. The highest BCUT2D eigenvalue weighted by Crippen LogP contribution is 2.20. The van der Waals surface area contributed by atoms with E-state index in [4.69, 9.17) is 4.74 Å². The van der Waals surface area contributed by atoms with Gasteiger partial charge in [-0.25, -0.2) is 4.98 Å². The van der Waals surface area contributed by atoms with Crippen molar-refractivity contribution in [3.05, 3.63) is 47.5 Å². The molecule has 6 heteroatoms. The number of nitrogens with zero attached hydrogens (tertiary/aromatic N) is 2. The predicted octanol–water partition coefficient (Wildman–Crippen LogP) is 2.89. The maximum absolute atomic E-state index is 12.3. The molecule has 0 aliphatic rings. The molecule has 1 amide bonds. The summed E-state index contributed by atoms with van der Waals surface area (Å²) in [4.78, 5) is 28.3. The monoisotopic (exact) mass is 343 g/mol. The Morgan fingerprint density at radius 1 is 1.24 bits per heavy atom. The number of carbonyl (C=O) groups excluding carboxylic acids is 2. The first-order valence-electron chi connectivity index (χ1n) is 8.57. The number of imidazole rings is 1. The Balaban J connectivity index is 1.83. The fraction of sp³-hybridized carbons (Fsp3) is 0.421. The van der Waals surface area contributed by atoms with Crippen LogP contribution in [0.1, 0.15) is 48.3 Å². The molecule has 1 N–H and O–H groups in total. The number of nitrogens with one attached hydrogen (secondary N) is 1. The standard InChI is InChI=1S/C19H25N3O3/c1-4-22-13-20-11-16(22)12-21-19(24)9-7-17(23)15-6-8-18(25-5-2)14(3)10-15/h6,8,10-11,13H,4-5,7,9,12H2,1-3H3,(H,21,24). The van der Waals surface area contributed by atoms with Crippen molar-refractivity contribution < 1.29 is 14.3 Å². The summed E-state index contributed by atoms with van der Waals surface area (Å²) in [7, 11) is 0. The van der Waals surface area contributed by atoms with Gasteiger partial charge in [-0.15, -0.1) is 0 Å². The van der Waals surface area contributed by atoms with Gasteiger partial charge in [0.15, 0.2) is 5.78 Å². The molecule has 0 spiro atoms. The highest BCUT2D eigenvalue weighted by Gasteiger charge is 2.11. The number of amides is 1. The van der Waals surface area contributed by atoms with Crippen LogP contribution in [0.5, 0.6) is 5.75 Å². The molecule has 134 valence electrons. The van der Waals surface area contributed by atoms with Crippen LogP contribution >= 0.6 is 0 Å². The van der Waals surface area contributed by atoms with E-state index in [1.165, 1.54) is 0 Å². The Kier molecular flexibility index (Phi) is 6.74. The number of aromatic nitrogens is 2. The number of hydrogen-bond acceptors (Lipinski definition) is 4. The molecular weight excluding hydrogens is 318 g/mol. The first-order chi connectivity index (χ1) is 12.0. The van der Waals surface area contributed by atoms with Crippen LogP contribution in [-0.4, -0.2) is 27.8 Å². The zero-order chi connectivity index (χ0) is 18.2. The maximum Gasteiger partial charge on any atom is 0.220 e. The first-order valence-corrected chi connectivity index (χ1v) is 8.57. The van der Waals surface area contributed by atoms with Gasteiger partial charge in [-0.3, -0.25) is 9.59 Å². The molecule has 0 aliphatic heterocycles. The zero-order valence-electron chi connectivity index (χ0n) is 15.0. The summed E-state index contributed by atoms with van der Waals surface area (Å²) in [5, 5.41) is 2.83. The molecule has 1 aromatic carbocycles. The Morgan fingerprint density at radius 3 is 2.72 bits per heavy atom. The average Bonchev–Trinajstić information content (AvgIpc) is 3.07. The second-order valence-electron chi connectivity index (χ2n) is 5.78. The summed E-state index contributed by atoms with van der Waals surface area (Å²) in [5.41, 5.74) is 2.48. The maximum atomic E-state index is 12.3. The summed E-state index contributed by atoms with van der Waals surface area (Å²) in [6, 6.07) is 5.36. The fourth-order valence-corrected chi connectivity index (χ4v) is 2.57. The summed E-state index contributed by atoms with van der Waals surface area (Å²) in [6.07, 6.45) is 3.83. The minimum atomic E-state index is -0.139. The average molecular weight is 343 g/mol. The molecule has 0 saturated carbocycles. The van der Waals surface area contributed by atoms with Crippen LogP contribution in [0.2, 0.25) is 0 Å². The number of ether oxygens (including phenoxy) is 1. The number of carbonyl (C=O) groups is 2. The van der Waals surface area contributed by atoms with E-state index in [1.54, 1.807) is 24.7 Å². The normalized spacial score (nSPS) is 10.5. The molecule has 2 rings (SSSR count). The molecule has 0 bridgehead atoms. The van der Waals surface area contributed by atoms with Crippen molar-refractivity contribution in [1.29, 1.82) is 0 Å². The third kappa shape index (κ3) is 5.17. The van der Waals surface area contributed by atoms with Crippen LogP contribution in [0.25, 0.3) is 0 Å². The van der Waals surface area contributed by atoms with Crippen molar-refractivity contribution in [2.75, 3.05) is 6.61 Å². The quantitative estimate of drug-likeness (QED) is 0.711. The van der Waals surface area contributed by atoms with Crippen molar-refractivity contribution in [2.24, 2.45) is 0 Å². The van der Waals surface area contributed by atoms with E-state index >= 15 is 0 Å². The lowest BCUT2D eigenvalue weighted by Gasteiger charge is -2.09. The van der Waals surface area contributed by atoms with Gasteiger partial charge in [0.1, 0.15) is 5.75 Å². The van der Waals surface area contributed by atoms with Crippen molar-refractivity contribution in [2.45, 2.75) is 46.7 Å². The van der Waals surface area contributed by atoms with E-state index < -0.39 is 0 Å². The number of benzene rings is 1. The Hall–Kier alpha value is -2.63. The van der Waals surface area contributed by atoms with E-state index in [9.17, 15) is 9.59 Å². The third-order valence-electron chi connectivity index (χ3n) is 3.98. The van der Waals surface area contributed by atoms with Gasteiger partial charge in [0, 0.05) is 31.1 Å². The summed E-state index contributed by atoms with van der Waals surface area (Å²) >= 11 is 0. The highest BCUT2D eigenvalue weighted by molar-refractivity contribution is 5.98. The number of ketones is 1. The van der Waals surface area contributed by atoms with Crippen LogP contribution in [0.3, 0.4) is 0 Å². The fourth-order valence-electron chi connectivity index (χ4n) is 2.57. The van der Waals surface area contributed by atoms with Crippen molar-refractivity contribution >= 4 is 11.7 Å². The summed E-state index contributed by atoms with van der Waals surface area (Å²) < 4.78 is 7.44. The predicted molar refractivity (Wildman–Crippen MR) is 95.7 cm³/mol.